The minimum atomic E-state index is -4.30. The van der Waals surface area contributed by atoms with Crippen molar-refractivity contribution in [2.75, 3.05) is 12.3 Å². The predicted molar refractivity (Wildman–Crippen MR) is 179 cm³/mol. The summed E-state index contributed by atoms with van der Waals surface area (Å²) >= 11 is 0. The smallest absolute Gasteiger partial charge is 0.459 e. The van der Waals surface area contributed by atoms with Gasteiger partial charge in [0, 0.05) is 5.39 Å². The molecule has 1 unspecified atom stereocenters. The van der Waals surface area contributed by atoms with E-state index in [1.165, 1.54) is 6.33 Å². The highest BCUT2D eigenvalue weighted by molar-refractivity contribution is 7.52. The second-order valence-corrected chi connectivity index (χ2v) is 15.1. The van der Waals surface area contributed by atoms with Crippen LogP contribution in [-0.4, -0.2) is 67.8 Å². The number of fused-ring (bicyclic) bond motifs is 3. The summed E-state index contributed by atoms with van der Waals surface area (Å²) in [6.45, 7) is 6.63. The van der Waals surface area contributed by atoms with Crippen LogP contribution < -0.4 is 20.9 Å². The van der Waals surface area contributed by atoms with Gasteiger partial charge in [0.2, 0.25) is 5.95 Å². The van der Waals surface area contributed by atoms with Crippen molar-refractivity contribution in [3.63, 3.8) is 0 Å². The second-order valence-electron chi connectivity index (χ2n) is 13.4. The molecule has 0 amide bonds. The monoisotopic (exact) mass is 696 g/mol. The Labute approximate surface area is 282 Å². The molecule has 0 spiro atoms. The number of ether oxygens (including phenoxy) is 4. The lowest BCUT2D eigenvalue weighted by atomic mass is 9.96. The molecule has 4 N–H and O–H groups in total. The van der Waals surface area contributed by atoms with E-state index in [0.717, 1.165) is 37.5 Å². The molecule has 4 aromatic rings. The summed E-state index contributed by atoms with van der Waals surface area (Å²) in [5, 5.41) is 4.39. The van der Waals surface area contributed by atoms with Crippen LogP contribution in [-0.2, 0) is 32.8 Å². The van der Waals surface area contributed by atoms with Gasteiger partial charge in [-0.25, -0.2) is 9.55 Å². The third-order valence-electron chi connectivity index (χ3n) is 9.19. The van der Waals surface area contributed by atoms with Crippen molar-refractivity contribution >= 4 is 41.6 Å². The number of aromatic amines is 1. The topological polar surface area (TPSA) is 191 Å². The number of nitrogens with two attached hydrogens (primary N) is 1. The molecule has 2 aromatic carbocycles. The lowest BCUT2D eigenvalue weighted by Gasteiger charge is -2.30. The molecular formula is C33H41N6O9P. The summed E-state index contributed by atoms with van der Waals surface area (Å²) in [4.78, 5) is 36.7. The molecule has 262 valence electrons. The fourth-order valence-electron chi connectivity index (χ4n) is 7.03. The van der Waals surface area contributed by atoms with Crippen LogP contribution >= 0.6 is 7.75 Å². The Bertz CT molecular complexity index is 1970. The number of hydrogen-bond acceptors (Lipinski definition) is 12. The highest BCUT2D eigenvalue weighted by Crippen LogP contribution is 2.53. The lowest BCUT2D eigenvalue weighted by Crippen LogP contribution is -2.42. The van der Waals surface area contributed by atoms with Gasteiger partial charge in [-0.15, -0.1) is 0 Å². The van der Waals surface area contributed by atoms with Crippen molar-refractivity contribution in [2.24, 2.45) is 0 Å². The van der Waals surface area contributed by atoms with Crippen molar-refractivity contribution in [3.05, 3.63) is 59.1 Å². The van der Waals surface area contributed by atoms with Crippen molar-refractivity contribution in [1.29, 1.82) is 0 Å². The molecule has 2 saturated heterocycles. The minimum Gasteiger partial charge on any atom is -0.461 e. The van der Waals surface area contributed by atoms with E-state index in [4.69, 9.17) is 33.7 Å². The molecular weight excluding hydrogens is 655 g/mol. The van der Waals surface area contributed by atoms with Crippen molar-refractivity contribution in [2.45, 2.75) is 102 Å². The van der Waals surface area contributed by atoms with Crippen molar-refractivity contribution in [3.8, 4) is 5.75 Å². The summed E-state index contributed by atoms with van der Waals surface area (Å²) in [5.41, 5.74) is 4.49. The van der Waals surface area contributed by atoms with Crippen LogP contribution in [0.15, 0.2) is 53.6 Å². The first kappa shape index (κ1) is 33.6. The van der Waals surface area contributed by atoms with Crippen LogP contribution in [0.1, 0.15) is 66.0 Å². The average Bonchev–Trinajstić information content (AvgIpc) is 3.66. The Morgan fingerprint density at radius 3 is 2.71 bits per heavy atom. The third kappa shape index (κ3) is 6.58. The Balaban J connectivity index is 1.17. The minimum absolute atomic E-state index is 0.0714. The zero-order valence-corrected chi connectivity index (χ0v) is 28.7. The molecule has 49 heavy (non-hydrogen) atoms. The van der Waals surface area contributed by atoms with Gasteiger partial charge in [-0.05, 0) is 64.8 Å². The van der Waals surface area contributed by atoms with Crippen LogP contribution in [0.4, 0.5) is 5.95 Å². The Hall–Kier alpha value is -3.85. The Morgan fingerprint density at radius 2 is 1.92 bits per heavy atom. The Morgan fingerprint density at radius 1 is 1.16 bits per heavy atom. The average molecular weight is 697 g/mol. The molecule has 6 atom stereocenters. The fraction of sp³-hybridized carbons (Fsp3) is 0.515. The maximum Gasteiger partial charge on any atom is 0.459 e. The van der Waals surface area contributed by atoms with Gasteiger partial charge in [-0.3, -0.25) is 23.7 Å². The molecule has 3 fully saturated rings. The number of carbonyl (C=O) groups excluding carboxylic acids is 1. The van der Waals surface area contributed by atoms with E-state index >= 15 is 0 Å². The lowest BCUT2D eigenvalue weighted by molar-refractivity contribution is -0.216. The summed E-state index contributed by atoms with van der Waals surface area (Å²) in [5.74, 6) is -1.36. The van der Waals surface area contributed by atoms with Gasteiger partial charge in [-0.1, -0.05) is 42.8 Å². The van der Waals surface area contributed by atoms with E-state index in [-0.39, 0.29) is 29.8 Å². The fourth-order valence-corrected chi connectivity index (χ4v) is 8.55. The van der Waals surface area contributed by atoms with Gasteiger partial charge in [-0.2, -0.15) is 10.1 Å². The summed E-state index contributed by atoms with van der Waals surface area (Å²) in [6.07, 6.45) is 3.43. The molecule has 7 rings (SSSR count). The Kier molecular flexibility index (Phi) is 8.78. The molecule has 1 saturated carbocycles. The third-order valence-corrected chi connectivity index (χ3v) is 10.8. The van der Waals surface area contributed by atoms with Crippen LogP contribution in [0, 0.1) is 0 Å². The molecule has 2 aliphatic heterocycles. The second kappa shape index (κ2) is 12.8. The molecule has 2 aromatic heterocycles. The van der Waals surface area contributed by atoms with Crippen molar-refractivity contribution in [1.82, 2.24) is 24.6 Å². The number of carbonyl (C=O) groups is 1. The van der Waals surface area contributed by atoms with E-state index in [0.29, 0.717) is 11.1 Å². The standard InChI is InChI=1S/C33H41N6O9P/c1-19(29(41)44-21-13-6-5-7-14-21)38-49(42,47-23-16-10-12-20-11-8-9-15-22(20)23)43-17-24-26-33(4,48-32(2,3)46-26)30(45-24)39-18-35-25-27(39)36-31(34)37-28(25)40/h8-12,15-16,18-19,21,24,26,30H,5-7,13-14,17H2,1-4H3,(H,38,42)(H3,34,36,37,40)/t19-,24+,26+,30+,33+,49?/m0/s1. The SMILES string of the molecule is C[C@H](NP(=O)(OC[C@H]1O[C@@H](n2cnc3c(=O)[nH]c(N)nc32)[C@]2(C)OC(C)(C)O[C@H]12)Oc1cccc2ccccc12)C(=O)OC1CCCCC1. The maximum absolute atomic E-state index is 14.7. The first-order valence-electron chi connectivity index (χ1n) is 16.5. The van der Waals surface area contributed by atoms with E-state index in [1.807, 2.05) is 37.3 Å². The highest BCUT2D eigenvalue weighted by atomic mass is 31.2. The van der Waals surface area contributed by atoms with Gasteiger partial charge in [0.05, 0.1) is 12.9 Å². The first-order chi connectivity index (χ1) is 23.3. The number of nitrogens with zero attached hydrogens (tertiary/aromatic N) is 3. The number of benzene rings is 2. The number of aromatic nitrogens is 4. The van der Waals surface area contributed by atoms with Gasteiger partial charge in [0.1, 0.15) is 35.7 Å². The molecule has 0 radical (unpaired) electrons. The van der Waals surface area contributed by atoms with Gasteiger partial charge in [0.25, 0.3) is 5.56 Å². The number of rotatable bonds is 10. The zero-order valence-electron chi connectivity index (χ0n) is 27.8. The number of imidazole rings is 1. The van der Waals surface area contributed by atoms with E-state index in [9.17, 15) is 14.2 Å². The van der Waals surface area contributed by atoms with Gasteiger partial charge in [0.15, 0.2) is 23.2 Å². The number of hydrogen-bond donors (Lipinski definition) is 3. The van der Waals surface area contributed by atoms with Gasteiger partial charge < -0.3 is 29.2 Å². The molecule has 0 bridgehead atoms. The summed E-state index contributed by atoms with van der Waals surface area (Å²) in [7, 11) is -4.30. The maximum atomic E-state index is 14.7. The number of nitrogens with one attached hydrogen (secondary N) is 2. The van der Waals surface area contributed by atoms with Crippen LogP contribution in [0.5, 0.6) is 5.75 Å². The first-order valence-corrected chi connectivity index (χ1v) is 18.0. The number of H-pyrrole nitrogens is 1. The zero-order chi connectivity index (χ0) is 34.6. The van der Waals surface area contributed by atoms with E-state index < -0.39 is 55.1 Å². The normalized spacial score (nSPS) is 27.1. The van der Waals surface area contributed by atoms with E-state index in [1.54, 1.807) is 37.5 Å². The largest absolute Gasteiger partial charge is 0.461 e. The number of anilines is 1. The van der Waals surface area contributed by atoms with E-state index in [2.05, 4.69) is 20.0 Å². The number of nitrogen functional groups attached to an aromatic ring is 1. The number of esters is 1. The molecule has 16 heteroatoms. The van der Waals surface area contributed by atoms with Gasteiger partial charge >= 0.3 is 13.7 Å². The summed E-state index contributed by atoms with van der Waals surface area (Å²) < 4.78 is 53.5. The van der Waals surface area contributed by atoms with Crippen molar-refractivity contribution < 1.29 is 37.4 Å². The molecule has 1 aliphatic carbocycles. The summed E-state index contributed by atoms with van der Waals surface area (Å²) in [6, 6.07) is 11.9. The molecule has 4 heterocycles. The quantitative estimate of drug-likeness (QED) is 0.153. The van der Waals surface area contributed by atoms with Crippen LogP contribution in [0.25, 0.3) is 21.9 Å². The predicted octanol–water partition coefficient (Wildman–Crippen LogP) is 4.72. The van der Waals surface area contributed by atoms with Crippen LogP contribution in [0.2, 0.25) is 0 Å². The molecule has 15 nitrogen and oxygen atoms in total. The highest BCUT2D eigenvalue weighted by Gasteiger charge is 2.64. The van der Waals surface area contributed by atoms with Crippen LogP contribution in [0.3, 0.4) is 0 Å². The molecule has 3 aliphatic rings.